The molecule has 0 spiro atoms. The Balaban J connectivity index is 2.21. The van der Waals surface area contributed by atoms with Gasteiger partial charge in [0.1, 0.15) is 11.9 Å². The van der Waals surface area contributed by atoms with Crippen molar-refractivity contribution in [2.75, 3.05) is 0 Å². The topological polar surface area (TPSA) is 70.0 Å². The van der Waals surface area contributed by atoms with E-state index in [9.17, 15) is 12.8 Å². The number of nitrogens with zero attached hydrogens (tertiary/aromatic N) is 1. The maximum absolute atomic E-state index is 13.4. The van der Waals surface area contributed by atoms with E-state index in [1.807, 2.05) is 6.07 Å². The predicted molar refractivity (Wildman–Crippen MR) is 76.6 cm³/mol. The summed E-state index contributed by atoms with van der Waals surface area (Å²) in [5, 5.41) is 8.80. The smallest absolute Gasteiger partial charge is 0.207 e. The van der Waals surface area contributed by atoms with Crippen LogP contribution in [0.3, 0.4) is 0 Å². The van der Waals surface area contributed by atoms with Crippen molar-refractivity contribution in [1.82, 2.24) is 4.72 Å². The van der Waals surface area contributed by atoms with Gasteiger partial charge in [-0.05, 0) is 24.3 Å². The predicted octanol–water partition coefficient (Wildman–Crippen LogP) is 2.83. The van der Waals surface area contributed by atoms with Crippen molar-refractivity contribution in [2.24, 2.45) is 0 Å². The van der Waals surface area contributed by atoms with E-state index in [4.69, 9.17) is 16.9 Å². The van der Waals surface area contributed by atoms with E-state index in [1.54, 1.807) is 6.07 Å². The molecule has 2 aromatic rings. The molecule has 0 amide bonds. The molecule has 1 N–H and O–H groups in total. The number of rotatable bonds is 4. The van der Waals surface area contributed by atoms with Gasteiger partial charge in [-0.25, -0.2) is 17.5 Å². The van der Waals surface area contributed by atoms with Crippen LogP contribution in [0.25, 0.3) is 0 Å². The molecule has 108 valence electrons. The van der Waals surface area contributed by atoms with Gasteiger partial charge in [0.05, 0.1) is 15.5 Å². The summed E-state index contributed by atoms with van der Waals surface area (Å²) in [7, 11) is -3.83. The second kappa shape index (κ2) is 6.22. The molecular formula is C14H10ClFN2O2S. The van der Waals surface area contributed by atoms with Gasteiger partial charge in [-0.15, -0.1) is 0 Å². The summed E-state index contributed by atoms with van der Waals surface area (Å²) >= 11 is 5.80. The van der Waals surface area contributed by atoms with Crippen LogP contribution in [0, 0.1) is 17.1 Å². The fourth-order valence-electron chi connectivity index (χ4n) is 1.65. The molecule has 2 rings (SSSR count). The van der Waals surface area contributed by atoms with Gasteiger partial charge in [0.2, 0.25) is 10.0 Å². The average molecular weight is 325 g/mol. The van der Waals surface area contributed by atoms with Crippen molar-refractivity contribution in [2.45, 2.75) is 11.4 Å². The summed E-state index contributed by atoms with van der Waals surface area (Å²) in [6.45, 7) is -0.174. The van der Waals surface area contributed by atoms with Crippen LogP contribution < -0.4 is 4.72 Å². The number of benzene rings is 2. The highest BCUT2D eigenvalue weighted by atomic mass is 35.5. The minimum absolute atomic E-state index is 0.0475. The van der Waals surface area contributed by atoms with Crippen LogP contribution in [0.4, 0.5) is 4.39 Å². The van der Waals surface area contributed by atoms with Gasteiger partial charge < -0.3 is 0 Å². The second-order valence-electron chi connectivity index (χ2n) is 4.17. The number of nitrogens with one attached hydrogen (secondary N) is 1. The van der Waals surface area contributed by atoms with E-state index < -0.39 is 15.8 Å². The molecule has 0 aliphatic rings. The number of hydrogen-bond donors (Lipinski definition) is 1. The zero-order valence-corrected chi connectivity index (χ0v) is 12.2. The van der Waals surface area contributed by atoms with Crippen LogP contribution in [0.15, 0.2) is 47.4 Å². The lowest BCUT2D eigenvalue weighted by atomic mass is 10.2. The Bertz CT molecular complexity index is 816. The molecule has 0 atom stereocenters. The molecule has 0 aromatic heterocycles. The van der Waals surface area contributed by atoms with Gasteiger partial charge in [0, 0.05) is 12.1 Å². The minimum atomic E-state index is -3.83. The molecule has 0 aliphatic heterocycles. The van der Waals surface area contributed by atoms with Crippen LogP contribution in [0.5, 0.6) is 0 Å². The van der Waals surface area contributed by atoms with E-state index in [0.717, 1.165) is 0 Å². The molecule has 0 bridgehead atoms. The Morgan fingerprint density at radius 2 is 1.95 bits per heavy atom. The molecule has 0 saturated carbocycles. The second-order valence-corrected chi connectivity index (χ2v) is 6.34. The first-order chi connectivity index (χ1) is 9.94. The lowest BCUT2D eigenvalue weighted by Crippen LogP contribution is -2.23. The molecule has 4 nitrogen and oxygen atoms in total. The van der Waals surface area contributed by atoms with Crippen molar-refractivity contribution >= 4 is 21.6 Å². The largest absolute Gasteiger partial charge is 0.240 e. The fourth-order valence-corrected chi connectivity index (χ4v) is 2.97. The summed E-state index contributed by atoms with van der Waals surface area (Å²) in [5.74, 6) is -0.488. The molecule has 2 aromatic carbocycles. The Labute approximate surface area is 126 Å². The lowest BCUT2D eigenvalue weighted by Gasteiger charge is -2.08. The van der Waals surface area contributed by atoms with Crippen molar-refractivity contribution < 1.29 is 12.8 Å². The number of nitriles is 1. The van der Waals surface area contributed by atoms with Gasteiger partial charge >= 0.3 is 0 Å². The summed E-state index contributed by atoms with van der Waals surface area (Å²) in [4.78, 5) is -0.0807. The molecule has 21 heavy (non-hydrogen) atoms. The minimum Gasteiger partial charge on any atom is -0.207 e. The third kappa shape index (κ3) is 3.58. The molecule has 0 aliphatic carbocycles. The molecule has 7 heteroatoms. The maximum atomic E-state index is 13.4. The first kappa shape index (κ1) is 15.4. The van der Waals surface area contributed by atoms with Crippen LogP contribution in [0.2, 0.25) is 5.02 Å². The third-order valence-electron chi connectivity index (χ3n) is 2.78. The van der Waals surface area contributed by atoms with E-state index in [2.05, 4.69) is 4.72 Å². The fraction of sp³-hybridized carbons (Fsp3) is 0.0714. The molecule has 0 radical (unpaired) electrons. The van der Waals surface area contributed by atoms with Gasteiger partial charge in [-0.3, -0.25) is 0 Å². The van der Waals surface area contributed by atoms with Crippen LogP contribution >= 0.6 is 11.6 Å². The first-order valence-electron chi connectivity index (χ1n) is 5.87. The highest BCUT2D eigenvalue weighted by molar-refractivity contribution is 7.89. The standard InChI is InChI=1S/C14H10ClFN2O2S/c15-13-7-12(6-5-10(13)8-17)21(19,20)18-9-11-3-1-2-4-14(11)16/h1-7,18H,9H2. The number of sulfonamides is 1. The molecule has 0 fully saturated rings. The quantitative estimate of drug-likeness (QED) is 0.940. The van der Waals surface area contributed by atoms with Gasteiger partial charge in [-0.1, -0.05) is 29.8 Å². The molecule has 0 heterocycles. The SMILES string of the molecule is N#Cc1ccc(S(=O)(=O)NCc2ccccc2F)cc1Cl. The van der Waals surface area contributed by atoms with Gasteiger partial charge in [-0.2, -0.15) is 5.26 Å². The third-order valence-corrected chi connectivity index (χ3v) is 4.49. The Morgan fingerprint density at radius 3 is 2.57 bits per heavy atom. The summed E-state index contributed by atoms with van der Waals surface area (Å²) in [6.07, 6.45) is 0. The van der Waals surface area contributed by atoms with E-state index >= 15 is 0 Å². The molecular weight excluding hydrogens is 315 g/mol. The zero-order valence-electron chi connectivity index (χ0n) is 10.7. The van der Waals surface area contributed by atoms with Crippen molar-refractivity contribution in [1.29, 1.82) is 5.26 Å². The summed E-state index contributed by atoms with van der Waals surface area (Å²) in [5.41, 5.74) is 0.422. The van der Waals surface area contributed by atoms with Crippen molar-refractivity contribution in [3.63, 3.8) is 0 Å². The monoisotopic (exact) mass is 324 g/mol. The molecule has 0 unspecified atom stereocenters. The Kier molecular flexibility index (Phi) is 4.58. The van der Waals surface area contributed by atoms with E-state index in [1.165, 1.54) is 36.4 Å². The Hall–Kier alpha value is -1.94. The van der Waals surface area contributed by atoms with Crippen molar-refractivity contribution in [3.05, 3.63) is 64.4 Å². The summed E-state index contributed by atoms with van der Waals surface area (Å²) < 4.78 is 39.9. The highest BCUT2D eigenvalue weighted by Crippen LogP contribution is 2.20. The number of halogens is 2. The first-order valence-corrected chi connectivity index (χ1v) is 7.73. The average Bonchev–Trinajstić information content (AvgIpc) is 2.46. The summed E-state index contributed by atoms with van der Waals surface area (Å²) in [6, 6.07) is 11.5. The zero-order chi connectivity index (χ0) is 15.5. The van der Waals surface area contributed by atoms with Crippen LogP contribution in [0.1, 0.15) is 11.1 Å². The maximum Gasteiger partial charge on any atom is 0.240 e. The van der Waals surface area contributed by atoms with E-state index in [-0.39, 0.29) is 27.6 Å². The normalized spacial score (nSPS) is 11.1. The van der Waals surface area contributed by atoms with E-state index in [0.29, 0.717) is 0 Å². The van der Waals surface area contributed by atoms with Crippen molar-refractivity contribution in [3.8, 4) is 6.07 Å². The number of hydrogen-bond acceptors (Lipinski definition) is 3. The highest BCUT2D eigenvalue weighted by Gasteiger charge is 2.16. The van der Waals surface area contributed by atoms with Gasteiger partial charge in [0.25, 0.3) is 0 Å². The molecule has 0 saturated heterocycles. The Morgan fingerprint density at radius 1 is 1.24 bits per heavy atom. The lowest BCUT2D eigenvalue weighted by molar-refractivity contribution is 0.574. The van der Waals surface area contributed by atoms with Crippen LogP contribution in [-0.2, 0) is 16.6 Å². The van der Waals surface area contributed by atoms with Crippen LogP contribution in [-0.4, -0.2) is 8.42 Å². The van der Waals surface area contributed by atoms with Gasteiger partial charge in [0.15, 0.2) is 0 Å².